The molecule has 0 aromatic carbocycles. The summed E-state index contributed by atoms with van der Waals surface area (Å²) < 4.78 is 38.4. The van der Waals surface area contributed by atoms with Crippen molar-refractivity contribution in [3.63, 3.8) is 0 Å². The first-order chi connectivity index (χ1) is 17.0. The van der Waals surface area contributed by atoms with Gasteiger partial charge in [-0.2, -0.15) is 5.06 Å². The summed E-state index contributed by atoms with van der Waals surface area (Å²) in [7, 11) is 0. The third kappa shape index (κ3) is 2.75. The molecule has 5 aliphatic rings. The van der Waals surface area contributed by atoms with Gasteiger partial charge in [-0.05, 0) is 62.0 Å². The summed E-state index contributed by atoms with van der Waals surface area (Å²) in [4.78, 5) is 31.8. The molecule has 3 saturated carbocycles. The Morgan fingerprint density at radius 3 is 2.75 bits per heavy atom. The Kier molecular flexibility index (Phi) is 5.14. The highest BCUT2D eigenvalue weighted by molar-refractivity contribution is 6.01. The van der Waals surface area contributed by atoms with Crippen LogP contribution in [0.5, 0.6) is 0 Å². The van der Waals surface area contributed by atoms with Crippen LogP contribution in [0.15, 0.2) is 46.6 Å². The number of allylic oxidation sites excluding steroid dienone is 4. The minimum atomic E-state index is -2.22. The molecular formula is C27H31F2NO6. The van der Waals surface area contributed by atoms with E-state index in [0.717, 1.165) is 0 Å². The molecule has 1 aliphatic heterocycles. The first kappa shape index (κ1) is 24.2. The van der Waals surface area contributed by atoms with E-state index in [4.69, 9.17) is 9.25 Å². The molecule has 6 rings (SSSR count). The smallest absolute Gasteiger partial charge is 0.192 e. The monoisotopic (exact) mass is 503 g/mol. The Bertz CT molecular complexity index is 1170. The van der Waals surface area contributed by atoms with Crippen molar-refractivity contribution >= 4 is 11.6 Å². The molecule has 4 fully saturated rings. The van der Waals surface area contributed by atoms with Crippen molar-refractivity contribution < 1.29 is 37.8 Å². The Morgan fingerprint density at radius 2 is 2.06 bits per heavy atom. The maximum atomic E-state index is 17.3. The fraction of sp³-hybridized carbons (Fsp3) is 0.630. The lowest BCUT2D eigenvalue weighted by atomic mass is 9.44. The zero-order valence-corrected chi connectivity index (χ0v) is 20.3. The van der Waals surface area contributed by atoms with Gasteiger partial charge in [-0.25, -0.2) is 8.78 Å². The minimum Gasteiger partial charge on any atom is -0.468 e. The van der Waals surface area contributed by atoms with Crippen molar-refractivity contribution in [2.24, 2.45) is 28.6 Å². The van der Waals surface area contributed by atoms with Gasteiger partial charge < -0.3 is 14.6 Å². The first-order valence-electron chi connectivity index (χ1n) is 12.6. The number of aliphatic hydroxyl groups excluding tert-OH is 2. The number of halogens is 2. The van der Waals surface area contributed by atoms with E-state index in [2.05, 4.69) is 0 Å². The molecule has 9 heteroatoms. The zero-order chi connectivity index (χ0) is 25.7. The number of aliphatic hydroxyl groups is 2. The van der Waals surface area contributed by atoms with Crippen LogP contribution in [0.3, 0.4) is 0 Å². The lowest BCUT2D eigenvalue weighted by Crippen LogP contribution is -2.70. The normalized spacial score (nSPS) is 47.7. The second-order valence-corrected chi connectivity index (χ2v) is 11.6. The van der Waals surface area contributed by atoms with E-state index < -0.39 is 64.4 Å². The molecule has 0 unspecified atom stereocenters. The summed E-state index contributed by atoms with van der Waals surface area (Å²) in [5.74, 6) is -2.01. The standard InChI is InChI=1S/C27H31F2NO6/c1-24-6-5-16(32)9-20(24)21(28)10-19-18-8-15-12-30(13-17-4-3-7-35-17)36-27(15,23(34)14-31)25(18,2)11-22(33)26(19,24)29/h3-7,9,15,18-19,21-22,31,33H,8,10-14H2,1-2H3/t15-,18-,19-,21-,22-,24-,25-,26-,27-/m0/s1. The second kappa shape index (κ2) is 7.66. The van der Waals surface area contributed by atoms with Gasteiger partial charge in [-0.15, -0.1) is 0 Å². The van der Waals surface area contributed by atoms with Crippen molar-refractivity contribution in [1.82, 2.24) is 5.06 Å². The van der Waals surface area contributed by atoms with Gasteiger partial charge in [-0.1, -0.05) is 13.0 Å². The molecule has 194 valence electrons. The van der Waals surface area contributed by atoms with E-state index in [0.29, 0.717) is 25.3 Å². The number of ketones is 2. The quantitative estimate of drug-likeness (QED) is 0.652. The van der Waals surface area contributed by atoms with Crippen molar-refractivity contribution in [2.45, 2.75) is 63.2 Å². The Hall–Kier alpha value is -2.20. The Morgan fingerprint density at radius 1 is 1.28 bits per heavy atom. The summed E-state index contributed by atoms with van der Waals surface area (Å²) >= 11 is 0. The van der Waals surface area contributed by atoms with Gasteiger partial charge in [-0.3, -0.25) is 14.4 Å². The molecule has 0 bridgehead atoms. The fourth-order valence-electron chi connectivity index (χ4n) is 8.61. The molecule has 9 atom stereocenters. The van der Waals surface area contributed by atoms with Gasteiger partial charge in [0.15, 0.2) is 22.8 Å². The number of carbonyl (C=O) groups is 2. The highest BCUT2D eigenvalue weighted by Gasteiger charge is 2.79. The van der Waals surface area contributed by atoms with E-state index >= 15 is 8.78 Å². The van der Waals surface area contributed by atoms with E-state index in [9.17, 15) is 19.8 Å². The molecule has 2 N–H and O–H groups in total. The van der Waals surface area contributed by atoms with Crippen molar-refractivity contribution in [3.05, 3.63) is 48.0 Å². The molecule has 0 spiro atoms. The van der Waals surface area contributed by atoms with Crippen LogP contribution in [0.4, 0.5) is 8.78 Å². The Labute approximate surface area is 207 Å². The van der Waals surface area contributed by atoms with Gasteiger partial charge in [0.2, 0.25) is 0 Å². The molecule has 4 aliphatic carbocycles. The molecule has 1 aromatic heterocycles. The summed E-state index contributed by atoms with van der Waals surface area (Å²) in [6.45, 7) is 3.26. The molecule has 36 heavy (non-hydrogen) atoms. The third-order valence-corrected chi connectivity index (χ3v) is 10.1. The molecular weight excluding hydrogens is 472 g/mol. The summed E-state index contributed by atoms with van der Waals surface area (Å²) in [5, 5.41) is 23.1. The zero-order valence-electron chi connectivity index (χ0n) is 20.3. The van der Waals surface area contributed by atoms with Crippen LogP contribution in [0.1, 0.15) is 38.9 Å². The maximum absolute atomic E-state index is 17.3. The number of rotatable bonds is 4. The predicted molar refractivity (Wildman–Crippen MR) is 123 cm³/mol. The predicted octanol–water partition coefficient (Wildman–Crippen LogP) is 2.87. The number of carbonyl (C=O) groups excluding carboxylic acids is 2. The number of nitrogens with zero attached hydrogens (tertiary/aromatic N) is 1. The van der Waals surface area contributed by atoms with Gasteiger partial charge in [0.1, 0.15) is 18.5 Å². The number of alkyl halides is 2. The van der Waals surface area contributed by atoms with Crippen molar-refractivity contribution in [3.8, 4) is 0 Å². The first-order valence-corrected chi connectivity index (χ1v) is 12.6. The summed E-state index contributed by atoms with van der Waals surface area (Å²) in [6.07, 6.45) is 2.39. The van der Waals surface area contributed by atoms with Crippen LogP contribution in [0.2, 0.25) is 0 Å². The lowest BCUT2D eigenvalue weighted by molar-refractivity contribution is -0.270. The van der Waals surface area contributed by atoms with Crippen LogP contribution >= 0.6 is 0 Å². The number of Topliss-reactive ketones (excluding diaryl/α,β-unsaturated/α-hetero) is 1. The number of hydrogen-bond acceptors (Lipinski definition) is 7. The van der Waals surface area contributed by atoms with Crippen LogP contribution in [0, 0.1) is 28.6 Å². The van der Waals surface area contributed by atoms with E-state index in [1.165, 1.54) is 18.2 Å². The SMILES string of the molecule is C[C@]12C=CC(=O)C=C1[C@@H](F)C[C@H]1[C@@H]3C[C@H]4CN(Cc5ccco5)O[C@@]4(C(=O)CO)[C@@]3(C)C[C@H](O)[C@@]12F. The number of fused-ring (bicyclic) bond motifs is 7. The lowest BCUT2D eigenvalue weighted by Gasteiger charge is -2.63. The summed E-state index contributed by atoms with van der Waals surface area (Å²) in [6, 6.07) is 3.55. The van der Waals surface area contributed by atoms with E-state index in [1.54, 1.807) is 30.4 Å². The van der Waals surface area contributed by atoms with E-state index in [1.807, 2.05) is 6.92 Å². The van der Waals surface area contributed by atoms with Crippen molar-refractivity contribution in [2.75, 3.05) is 13.2 Å². The van der Waals surface area contributed by atoms with Crippen molar-refractivity contribution in [1.29, 1.82) is 0 Å². The average molecular weight is 504 g/mol. The van der Waals surface area contributed by atoms with Gasteiger partial charge >= 0.3 is 0 Å². The fourth-order valence-corrected chi connectivity index (χ4v) is 8.61. The molecule has 0 amide bonds. The maximum Gasteiger partial charge on any atom is 0.192 e. The molecule has 1 aromatic rings. The number of furan rings is 1. The third-order valence-electron chi connectivity index (χ3n) is 10.1. The van der Waals surface area contributed by atoms with Gasteiger partial charge in [0, 0.05) is 29.2 Å². The molecule has 7 nitrogen and oxygen atoms in total. The van der Waals surface area contributed by atoms with Gasteiger partial charge in [0.25, 0.3) is 0 Å². The van der Waals surface area contributed by atoms with Gasteiger partial charge in [0.05, 0.1) is 18.9 Å². The highest BCUT2D eigenvalue weighted by atomic mass is 19.1. The highest BCUT2D eigenvalue weighted by Crippen LogP contribution is 2.72. The Balaban J connectivity index is 1.42. The number of hydrogen-bond donors (Lipinski definition) is 2. The molecule has 0 radical (unpaired) electrons. The largest absolute Gasteiger partial charge is 0.468 e. The topological polar surface area (TPSA) is 100 Å². The minimum absolute atomic E-state index is 0.0663. The van der Waals surface area contributed by atoms with Crippen LogP contribution in [-0.4, -0.2) is 63.5 Å². The van der Waals surface area contributed by atoms with Crippen LogP contribution < -0.4 is 0 Å². The van der Waals surface area contributed by atoms with Crippen LogP contribution in [-0.2, 0) is 21.0 Å². The average Bonchev–Trinajstić information content (AvgIpc) is 3.53. The molecule has 2 heterocycles. The number of hydroxylamine groups is 2. The second-order valence-electron chi connectivity index (χ2n) is 11.6. The van der Waals surface area contributed by atoms with E-state index in [-0.39, 0.29) is 24.3 Å². The molecule has 1 saturated heterocycles. The summed E-state index contributed by atoms with van der Waals surface area (Å²) in [5.41, 5.74) is -6.15. The van der Waals surface area contributed by atoms with Crippen LogP contribution in [0.25, 0.3) is 0 Å².